The van der Waals surface area contributed by atoms with Crippen molar-refractivity contribution in [3.63, 3.8) is 0 Å². The van der Waals surface area contributed by atoms with E-state index in [0.717, 1.165) is 24.6 Å². The van der Waals surface area contributed by atoms with Crippen molar-refractivity contribution in [2.45, 2.75) is 25.3 Å². The first-order valence-corrected chi connectivity index (χ1v) is 7.91. The zero-order valence-corrected chi connectivity index (χ0v) is 13.3. The van der Waals surface area contributed by atoms with Crippen LogP contribution in [0.15, 0.2) is 36.5 Å². The van der Waals surface area contributed by atoms with Crippen LogP contribution in [0, 0.1) is 0 Å². The monoisotopic (exact) mass is 349 g/mol. The van der Waals surface area contributed by atoms with Crippen LogP contribution in [0.25, 0.3) is 0 Å². The minimum Gasteiger partial charge on any atom is -0.478 e. The summed E-state index contributed by atoms with van der Waals surface area (Å²) >= 11 is 0. The highest BCUT2D eigenvalue weighted by molar-refractivity contribution is 5.92. The number of piperidine rings is 1. The summed E-state index contributed by atoms with van der Waals surface area (Å²) < 4.78 is 25.6. The molecule has 1 aromatic heterocycles. The minimum absolute atomic E-state index is 0.00201. The van der Waals surface area contributed by atoms with Gasteiger partial charge in [-0.1, -0.05) is 12.1 Å². The molecule has 8 heteroatoms. The summed E-state index contributed by atoms with van der Waals surface area (Å²) in [5.74, 6) is -1.27. The van der Waals surface area contributed by atoms with Gasteiger partial charge >= 0.3 is 12.5 Å². The van der Waals surface area contributed by atoms with Gasteiger partial charge in [0.1, 0.15) is 0 Å². The SMILES string of the molecule is O=C(O)c1ccc([C@@H]2CCCN(C(=O)c3ccn(C(F)F)n3)C2)cc1. The summed E-state index contributed by atoms with van der Waals surface area (Å²) in [6.07, 6.45) is 2.75. The molecule has 0 saturated carbocycles. The zero-order valence-electron chi connectivity index (χ0n) is 13.3. The first kappa shape index (κ1) is 17.1. The van der Waals surface area contributed by atoms with Crippen LogP contribution in [-0.4, -0.2) is 44.8 Å². The van der Waals surface area contributed by atoms with E-state index in [9.17, 15) is 18.4 Å². The predicted molar refractivity (Wildman–Crippen MR) is 84.8 cm³/mol. The van der Waals surface area contributed by atoms with E-state index in [0.29, 0.717) is 17.8 Å². The standard InChI is InChI=1S/C17H17F2N3O3/c18-17(19)22-9-7-14(20-22)15(23)21-8-1-2-13(10-21)11-3-5-12(6-4-11)16(24)25/h3-7,9,13,17H,1-2,8,10H2,(H,24,25)/t13-/m1/s1. The Bertz CT molecular complexity index is 774. The van der Waals surface area contributed by atoms with Gasteiger partial charge in [-0.15, -0.1) is 0 Å². The fourth-order valence-corrected chi connectivity index (χ4v) is 3.05. The van der Waals surface area contributed by atoms with Gasteiger partial charge in [0.2, 0.25) is 0 Å². The van der Waals surface area contributed by atoms with Crippen LogP contribution in [0.2, 0.25) is 0 Å². The summed E-state index contributed by atoms with van der Waals surface area (Å²) in [7, 11) is 0. The highest BCUT2D eigenvalue weighted by Gasteiger charge is 2.27. The molecule has 2 aromatic rings. The number of rotatable bonds is 4. The van der Waals surface area contributed by atoms with Gasteiger partial charge in [0, 0.05) is 25.2 Å². The number of aromatic nitrogens is 2. The molecule has 0 aliphatic carbocycles. The smallest absolute Gasteiger partial charge is 0.335 e. The Morgan fingerprint density at radius 2 is 1.92 bits per heavy atom. The van der Waals surface area contributed by atoms with Crippen molar-refractivity contribution in [2.24, 2.45) is 0 Å². The quantitative estimate of drug-likeness (QED) is 0.921. The van der Waals surface area contributed by atoms with Crippen molar-refractivity contribution in [3.05, 3.63) is 53.3 Å². The first-order valence-electron chi connectivity index (χ1n) is 7.91. The van der Waals surface area contributed by atoms with Crippen LogP contribution in [-0.2, 0) is 0 Å². The Morgan fingerprint density at radius 3 is 2.52 bits per heavy atom. The number of nitrogens with zero attached hydrogens (tertiary/aromatic N) is 3. The van der Waals surface area contributed by atoms with E-state index in [1.54, 1.807) is 29.2 Å². The number of carbonyl (C=O) groups is 2. The topological polar surface area (TPSA) is 75.4 Å². The lowest BCUT2D eigenvalue weighted by molar-refractivity contribution is 0.0546. The highest BCUT2D eigenvalue weighted by atomic mass is 19.3. The fourth-order valence-electron chi connectivity index (χ4n) is 3.05. The van der Waals surface area contributed by atoms with Crippen molar-refractivity contribution in [3.8, 4) is 0 Å². The van der Waals surface area contributed by atoms with Crippen LogP contribution < -0.4 is 0 Å². The first-order chi connectivity index (χ1) is 12.0. The zero-order chi connectivity index (χ0) is 18.0. The van der Waals surface area contributed by atoms with Gasteiger partial charge < -0.3 is 10.0 Å². The van der Waals surface area contributed by atoms with E-state index in [1.165, 1.54) is 6.07 Å². The summed E-state index contributed by atoms with van der Waals surface area (Å²) in [5.41, 5.74) is 1.17. The van der Waals surface area contributed by atoms with Crippen LogP contribution in [0.3, 0.4) is 0 Å². The lowest BCUT2D eigenvalue weighted by Crippen LogP contribution is -2.39. The molecule has 1 atom stereocenters. The van der Waals surface area contributed by atoms with Crippen LogP contribution in [0.4, 0.5) is 8.78 Å². The molecule has 1 fully saturated rings. The number of likely N-dealkylation sites (tertiary alicyclic amines) is 1. The Morgan fingerprint density at radius 1 is 1.20 bits per heavy atom. The average Bonchev–Trinajstić information content (AvgIpc) is 3.12. The molecule has 1 aliphatic heterocycles. The van der Waals surface area contributed by atoms with Crippen molar-refractivity contribution in [1.29, 1.82) is 0 Å². The number of hydrogen-bond acceptors (Lipinski definition) is 3. The molecule has 1 aliphatic rings. The molecule has 132 valence electrons. The maximum Gasteiger partial charge on any atom is 0.335 e. The second kappa shape index (κ2) is 7.00. The largest absolute Gasteiger partial charge is 0.478 e. The number of alkyl halides is 2. The second-order valence-electron chi connectivity index (χ2n) is 5.98. The number of amides is 1. The van der Waals surface area contributed by atoms with Gasteiger partial charge in [-0.05, 0) is 36.6 Å². The molecule has 0 bridgehead atoms. The Labute approximate surface area is 142 Å². The van der Waals surface area contributed by atoms with Crippen molar-refractivity contribution in [1.82, 2.24) is 14.7 Å². The molecule has 1 aromatic carbocycles. The number of benzene rings is 1. The van der Waals surface area contributed by atoms with Crippen molar-refractivity contribution in [2.75, 3.05) is 13.1 Å². The van der Waals surface area contributed by atoms with Crippen molar-refractivity contribution >= 4 is 11.9 Å². The Balaban J connectivity index is 1.71. The number of carboxylic acid groups (broad SMARTS) is 1. The fraction of sp³-hybridized carbons (Fsp3) is 0.353. The van der Waals surface area contributed by atoms with E-state index in [2.05, 4.69) is 5.10 Å². The molecular formula is C17H17F2N3O3. The van der Waals surface area contributed by atoms with E-state index in [-0.39, 0.29) is 23.1 Å². The van der Waals surface area contributed by atoms with Crippen LogP contribution >= 0.6 is 0 Å². The molecule has 0 unspecified atom stereocenters. The van der Waals surface area contributed by atoms with Gasteiger partial charge in [0.15, 0.2) is 5.69 Å². The number of hydrogen-bond donors (Lipinski definition) is 1. The van der Waals surface area contributed by atoms with E-state index >= 15 is 0 Å². The number of carboxylic acids is 1. The summed E-state index contributed by atoms with van der Waals surface area (Å²) in [6.45, 7) is -1.78. The maximum atomic E-state index is 12.6. The Kier molecular flexibility index (Phi) is 4.78. The lowest BCUT2D eigenvalue weighted by atomic mass is 9.90. The third-order valence-corrected chi connectivity index (χ3v) is 4.37. The lowest BCUT2D eigenvalue weighted by Gasteiger charge is -2.32. The third kappa shape index (κ3) is 3.67. The minimum atomic E-state index is -2.77. The predicted octanol–water partition coefficient (Wildman–Crippen LogP) is 3.00. The summed E-state index contributed by atoms with van der Waals surface area (Å²) in [4.78, 5) is 25.0. The van der Waals surface area contributed by atoms with Crippen molar-refractivity contribution < 1.29 is 23.5 Å². The molecule has 0 radical (unpaired) electrons. The van der Waals surface area contributed by atoms with Gasteiger partial charge in [0.05, 0.1) is 5.56 Å². The summed E-state index contributed by atoms with van der Waals surface area (Å²) in [6, 6.07) is 7.90. The third-order valence-electron chi connectivity index (χ3n) is 4.37. The molecule has 2 heterocycles. The molecule has 6 nitrogen and oxygen atoms in total. The highest BCUT2D eigenvalue weighted by Crippen LogP contribution is 2.28. The second-order valence-corrected chi connectivity index (χ2v) is 5.98. The summed E-state index contributed by atoms with van der Waals surface area (Å²) in [5, 5.41) is 12.6. The molecule has 1 amide bonds. The normalized spacial score (nSPS) is 17.7. The van der Waals surface area contributed by atoms with Gasteiger partial charge in [-0.2, -0.15) is 13.9 Å². The van der Waals surface area contributed by atoms with Gasteiger partial charge in [-0.3, -0.25) is 4.79 Å². The van der Waals surface area contributed by atoms with Gasteiger partial charge in [0.25, 0.3) is 5.91 Å². The average molecular weight is 349 g/mol. The molecule has 25 heavy (non-hydrogen) atoms. The van der Waals surface area contributed by atoms with E-state index in [4.69, 9.17) is 5.11 Å². The van der Waals surface area contributed by atoms with E-state index in [1.807, 2.05) is 0 Å². The van der Waals surface area contributed by atoms with E-state index < -0.39 is 12.5 Å². The number of carbonyl (C=O) groups excluding carboxylic acids is 1. The maximum absolute atomic E-state index is 12.6. The molecule has 1 N–H and O–H groups in total. The molecule has 1 saturated heterocycles. The van der Waals surface area contributed by atoms with Gasteiger partial charge in [-0.25, -0.2) is 9.48 Å². The molecule has 3 rings (SSSR count). The van der Waals surface area contributed by atoms with Crippen LogP contribution in [0.1, 0.15) is 51.7 Å². The molecular weight excluding hydrogens is 332 g/mol. The molecule has 0 spiro atoms. The van der Waals surface area contributed by atoms with Crippen LogP contribution in [0.5, 0.6) is 0 Å². The number of aromatic carboxylic acids is 1. The number of halogens is 2. The Hall–Kier alpha value is -2.77.